The van der Waals surface area contributed by atoms with Gasteiger partial charge in [0.25, 0.3) is 0 Å². The van der Waals surface area contributed by atoms with Gasteiger partial charge in [0.15, 0.2) is 0 Å². The molecule has 0 bridgehead atoms. The molecule has 0 aliphatic heterocycles. The van der Waals surface area contributed by atoms with E-state index in [1.165, 1.54) is 5.56 Å². The summed E-state index contributed by atoms with van der Waals surface area (Å²) < 4.78 is 1.81. The summed E-state index contributed by atoms with van der Waals surface area (Å²) in [7, 11) is 0. The van der Waals surface area contributed by atoms with Crippen molar-refractivity contribution in [3.8, 4) is 5.69 Å². The van der Waals surface area contributed by atoms with Gasteiger partial charge in [0.1, 0.15) is 0 Å². The minimum Gasteiger partial charge on any atom is -0.396 e. The summed E-state index contributed by atoms with van der Waals surface area (Å²) in [6, 6.07) is 8.65. The number of hydrogen-bond donors (Lipinski definition) is 2. The van der Waals surface area contributed by atoms with Gasteiger partial charge >= 0.3 is 0 Å². The summed E-state index contributed by atoms with van der Waals surface area (Å²) >= 11 is 0. The molecule has 17 heavy (non-hydrogen) atoms. The fraction of sp³-hybridized carbons (Fsp3) is 0.308. The highest BCUT2D eigenvalue weighted by atomic mass is 15.3. The van der Waals surface area contributed by atoms with Crippen molar-refractivity contribution in [2.24, 2.45) is 0 Å². The molecule has 0 fully saturated rings. The van der Waals surface area contributed by atoms with Gasteiger partial charge in [0, 0.05) is 12.6 Å². The Morgan fingerprint density at radius 1 is 1.35 bits per heavy atom. The second-order valence-electron chi connectivity index (χ2n) is 4.38. The van der Waals surface area contributed by atoms with Crippen molar-refractivity contribution in [1.82, 2.24) is 15.1 Å². The molecule has 2 rings (SSSR count). The topological polar surface area (TPSA) is 55.9 Å². The van der Waals surface area contributed by atoms with E-state index in [1.807, 2.05) is 29.1 Å². The Balaban J connectivity index is 2.27. The first-order valence-electron chi connectivity index (χ1n) is 5.78. The quantitative estimate of drug-likeness (QED) is 0.844. The Kier molecular flexibility index (Phi) is 3.44. The van der Waals surface area contributed by atoms with E-state index in [4.69, 9.17) is 5.73 Å². The van der Waals surface area contributed by atoms with Gasteiger partial charge in [-0.25, -0.2) is 4.68 Å². The number of para-hydroxylation sites is 1. The number of anilines is 1. The third-order valence-corrected chi connectivity index (χ3v) is 2.54. The first-order valence-corrected chi connectivity index (χ1v) is 5.78. The van der Waals surface area contributed by atoms with E-state index < -0.39 is 0 Å². The average molecular weight is 230 g/mol. The van der Waals surface area contributed by atoms with E-state index in [-0.39, 0.29) is 0 Å². The molecule has 2 aromatic rings. The number of hydrogen-bond acceptors (Lipinski definition) is 3. The molecule has 1 aromatic carbocycles. The van der Waals surface area contributed by atoms with Crippen molar-refractivity contribution in [1.29, 1.82) is 0 Å². The minimum atomic E-state index is 0.464. The zero-order chi connectivity index (χ0) is 12.3. The largest absolute Gasteiger partial charge is 0.396 e. The molecule has 0 aliphatic carbocycles. The minimum absolute atomic E-state index is 0.464. The van der Waals surface area contributed by atoms with Crippen LogP contribution in [0.15, 0.2) is 36.7 Å². The summed E-state index contributed by atoms with van der Waals surface area (Å²) in [5.41, 5.74) is 8.65. The molecule has 0 spiro atoms. The number of nitrogen functional groups attached to an aromatic ring is 1. The number of nitrogens with one attached hydrogen (secondary N) is 1. The van der Waals surface area contributed by atoms with Crippen molar-refractivity contribution in [3.63, 3.8) is 0 Å². The van der Waals surface area contributed by atoms with E-state index in [9.17, 15) is 0 Å². The monoisotopic (exact) mass is 230 g/mol. The maximum atomic E-state index is 5.69. The molecule has 0 amide bonds. The van der Waals surface area contributed by atoms with E-state index in [2.05, 4.69) is 30.3 Å². The van der Waals surface area contributed by atoms with Crippen LogP contribution in [0.1, 0.15) is 19.4 Å². The molecule has 0 saturated carbocycles. The highest BCUT2D eigenvalue weighted by Gasteiger charge is 2.05. The number of aromatic nitrogens is 2. The van der Waals surface area contributed by atoms with Crippen LogP contribution in [-0.4, -0.2) is 15.8 Å². The van der Waals surface area contributed by atoms with Gasteiger partial charge in [-0.05, 0) is 11.6 Å². The van der Waals surface area contributed by atoms with Crippen LogP contribution in [0.3, 0.4) is 0 Å². The van der Waals surface area contributed by atoms with Gasteiger partial charge in [-0.15, -0.1) is 0 Å². The Morgan fingerprint density at radius 3 is 2.76 bits per heavy atom. The third kappa shape index (κ3) is 2.85. The van der Waals surface area contributed by atoms with Gasteiger partial charge < -0.3 is 11.1 Å². The third-order valence-electron chi connectivity index (χ3n) is 2.54. The lowest BCUT2D eigenvalue weighted by atomic mass is 10.1. The lowest BCUT2D eigenvalue weighted by molar-refractivity contribution is 0.586. The molecule has 0 atom stereocenters. The van der Waals surface area contributed by atoms with Crippen LogP contribution in [0, 0.1) is 0 Å². The zero-order valence-corrected chi connectivity index (χ0v) is 10.2. The van der Waals surface area contributed by atoms with Crippen LogP contribution in [0.2, 0.25) is 0 Å². The maximum Gasteiger partial charge on any atom is 0.0724 e. The molecule has 4 nitrogen and oxygen atoms in total. The Hall–Kier alpha value is -1.81. The molecule has 0 saturated heterocycles. The molecule has 3 N–H and O–H groups in total. The van der Waals surface area contributed by atoms with E-state index in [0.29, 0.717) is 11.7 Å². The van der Waals surface area contributed by atoms with Crippen LogP contribution < -0.4 is 11.1 Å². The van der Waals surface area contributed by atoms with Gasteiger partial charge in [-0.3, -0.25) is 0 Å². The summed E-state index contributed by atoms with van der Waals surface area (Å²) in [4.78, 5) is 0. The Morgan fingerprint density at radius 2 is 2.12 bits per heavy atom. The van der Waals surface area contributed by atoms with E-state index in [0.717, 1.165) is 12.2 Å². The number of nitrogens with zero attached hydrogens (tertiary/aromatic N) is 2. The Labute approximate surface area is 101 Å². The van der Waals surface area contributed by atoms with Gasteiger partial charge in [0.05, 0.1) is 23.8 Å². The van der Waals surface area contributed by atoms with E-state index >= 15 is 0 Å². The van der Waals surface area contributed by atoms with Crippen molar-refractivity contribution >= 4 is 5.69 Å². The first kappa shape index (κ1) is 11.7. The summed E-state index contributed by atoms with van der Waals surface area (Å²) in [6.07, 6.45) is 3.49. The standard InChI is InChI=1S/C13H18N4/c1-10(2)15-7-11-5-3-4-6-13(11)17-9-12(14)8-16-17/h3-6,8-10,15H,7,14H2,1-2H3. The lowest BCUT2D eigenvalue weighted by Gasteiger charge is -2.12. The predicted octanol–water partition coefficient (Wildman–Crippen LogP) is 1.95. The zero-order valence-electron chi connectivity index (χ0n) is 10.2. The van der Waals surface area contributed by atoms with E-state index in [1.54, 1.807) is 6.20 Å². The molecule has 4 heteroatoms. The SMILES string of the molecule is CC(C)NCc1ccccc1-n1cc(N)cn1. The molecule has 1 aromatic heterocycles. The van der Waals surface area contributed by atoms with Crippen LogP contribution in [0.5, 0.6) is 0 Å². The van der Waals surface area contributed by atoms with Gasteiger partial charge in [0.2, 0.25) is 0 Å². The summed E-state index contributed by atoms with van der Waals surface area (Å²) in [5.74, 6) is 0. The molecule has 0 radical (unpaired) electrons. The van der Waals surface area contributed by atoms with Gasteiger partial charge in [-0.2, -0.15) is 5.10 Å². The molecule has 0 aliphatic rings. The number of rotatable bonds is 4. The fourth-order valence-electron chi connectivity index (χ4n) is 1.67. The lowest BCUT2D eigenvalue weighted by Crippen LogP contribution is -2.22. The summed E-state index contributed by atoms with van der Waals surface area (Å²) in [6.45, 7) is 5.09. The van der Waals surface area contributed by atoms with Crippen LogP contribution in [-0.2, 0) is 6.54 Å². The molecule has 1 heterocycles. The van der Waals surface area contributed by atoms with Crippen LogP contribution in [0.4, 0.5) is 5.69 Å². The molecule has 0 unspecified atom stereocenters. The van der Waals surface area contributed by atoms with Crippen molar-refractivity contribution in [2.75, 3.05) is 5.73 Å². The molecular weight excluding hydrogens is 212 g/mol. The van der Waals surface area contributed by atoms with Gasteiger partial charge in [-0.1, -0.05) is 32.0 Å². The fourth-order valence-corrected chi connectivity index (χ4v) is 1.67. The smallest absolute Gasteiger partial charge is 0.0724 e. The van der Waals surface area contributed by atoms with Crippen LogP contribution in [0.25, 0.3) is 5.69 Å². The number of benzene rings is 1. The van der Waals surface area contributed by atoms with Crippen molar-refractivity contribution < 1.29 is 0 Å². The van der Waals surface area contributed by atoms with Crippen LogP contribution >= 0.6 is 0 Å². The normalized spacial score (nSPS) is 11.0. The molecular formula is C13H18N4. The maximum absolute atomic E-state index is 5.69. The predicted molar refractivity (Wildman–Crippen MR) is 70.0 cm³/mol. The highest BCUT2D eigenvalue weighted by molar-refractivity contribution is 5.43. The average Bonchev–Trinajstić information content (AvgIpc) is 2.73. The summed E-state index contributed by atoms with van der Waals surface area (Å²) in [5, 5.41) is 7.64. The first-order chi connectivity index (χ1) is 8.16. The Bertz CT molecular complexity index is 488. The highest BCUT2D eigenvalue weighted by Crippen LogP contribution is 2.15. The van der Waals surface area contributed by atoms with Crippen molar-refractivity contribution in [2.45, 2.75) is 26.4 Å². The second-order valence-corrected chi connectivity index (χ2v) is 4.38. The van der Waals surface area contributed by atoms with Crippen molar-refractivity contribution in [3.05, 3.63) is 42.2 Å². The molecule has 90 valence electrons. The second kappa shape index (κ2) is 5.01. The number of nitrogens with two attached hydrogens (primary N) is 1.